The lowest BCUT2D eigenvalue weighted by molar-refractivity contribution is -0.167. The zero-order valence-electron chi connectivity index (χ0n) is 41.6. The van der Waals surface area contributed by atoms with E-state index in [4.69, 9.17) is 14.2 Å². The molecule has 0 aliphatic rings. The van der Waals surface area contributed by atoms with E-state index in [1.165, 1.54) is 128 Å². The van der Waals surface area contributed by atoms with E-state index in [1.54, 1.807) is 0 Å². The second kappa shape index (κ2) is 51.7. The zero-order valence-corrected chi connectivity index (χ0v) is 41.6. The van der Waals surface area contributed by atoms with Gasteiger partial charge in [-0.15, -0.1) is 0 Å². The molecule has 0 heterocycles. The summed E-state index contributed by atoms with van der Waals surface area (Å²) < 4.78 is 16.8. The summed E-state index contributed by atoms with van der Waals surface area (Å²) in [5, 5.41) is 0. The molecule has 0 aromatic rings. The molecule has 0 aromatic carbocycles. The van der Waals surface area contributed by atoms with Gasteiger partial charge < -0.3 is 14.2 Å². The van der Waals surface area contributed by atoms with Crippen LogP contribution < -0.4 is 0 Å². The summed E-state index contributed by atoms with van der Waals surface area (Å²) >= 11 is 0. The van der Waals surface area contributed by atoms with Gasteiger partial charge in [-0.2, -0.15) is 0 Å². The third-order valence-electron chi connectivity index (χ3n) is 11.5. The second-order valence-electron chi connectivity index (χ2n) is 17.8. The van der Waals surface area contributed by atoms with Crippen LogP contribution in [0.5, 0.6) is 0 Å². The minimum absolute atomic E-state index is 0.0885. The average molecular weight is 881 g/mol. The number of allylic oxidation sites excluding steroid dienone is 10. The van der Waals surface area contributed by atoms with Gasteiger partial charge in [-0.05, 0) is 89.9 Å². The van der Waals surface area contributed by atoms with E-state index in [0.717, 1.165) is 96.3 Å². The van der Waals surface area contributed by atoms with E-state index in [1.807, 2.05) is 0 Å². The van der Waals surface area contributed by atoms with Crippen LogP contribution in [0.25, 0.3) is 0 Å². The summed E-state index contributed by atoms with van der Waals surface area (Å²) in [6.45, 7) is 6.56. The van der Waals surface area contributed by atoms with Crippen molar-refractivity contribution in [3.05, 3.63) is 60.8 Å². The summed E-state index contributed by atoms with van der Waals surface area (Å²) in [6, 6.07) is 0. The molecule has 0 fully saturated rings. The molecule has 0 amide bonds. The number of esters is 3. The highest BCUT2D eigenvalue weighted by Gasteiger charge is 2.19. The molecule has 0 aliphatic heterocycles. The Morgan fingerprint density at radius 3 is 0.968 bits per heavy atom. The minimum Gasteiger partial charge on any atom is -0.462 e. The molecule has 0 N–H and O–H groups in total. The molecular weight excluding hydrogens is 781 g/mol. The molecule has 0 rings (SSSR count). The summed E-state index contributed by atoms with van der Waals surface area (Å²) in [7, 11) is 0. The molecule has 1 unspecified atom stereocenters. The number of unbranched alkanes of at least 4 members (excludes halogenated alkanes) is 29. The zero-order chi connectivity index (χ0) is 45.8. The summed E-state index contributed by atoms with van der Waals surface area (Å²) in [5.74, 6) is -0.921. The van der Waals surface area contributed by atoms with Crippen LogP contribution in [0.4, 0.5) is 0 Å². The molecule has 6 heteroatoms. The molecule has 1 atom stereocenters. The lowest BCUT2D eigenvalue weighted by Gasteiger charge is -2.18. The Labute approximate surface area is 390 Å². The maximum absolute atomic E-state index is 12.8. The quantitative estimate of drug-likeness (QED) is 0.0199. The number of ether oxygens (including phenoxy) is 3. The van der Waals surface area contributed by atoms with Crippen LogP contribution in [-0.4, -0.2) is 37.2 Å². The van der Waals surface area contributed by atoms with Gasteiger partial charge in [-0.25, -0.2) is 0 Å². The summed E-state index contributed by atoms with van der Waals surface area (Å²) in [5.41, 5.74) is 0. The standard InChI is InChI=1S/C57H100O6/c1-4-7-10-13-16-19-22-24-26-28-29-31-32-35-38-41-44-47-50-56(59)62-53-54(52-61-55(58)49-46-43-40-37-34-21-18-15-12-9-6-3)63-57(60)51-48-45-42-39-36-33-30-27-25-23-20-17-14-11-8-5-2/h15,18,22,24,26-31,54H,4-14,16-17,19-21,23,25,32-53H2,1-3H3/b18-15-,24-22-,28-26-,30-27-,31-29-. The molecule has 364 valence electrons. The number of carbonyl (C=O) groups excluding carboxylic acids is 3. The molecule has 0 radical (unpaired) electrons. The third-order valence-corrected chi connectivity index (χ3v) is 11.5. The highest BCUT2D eigenvalue weighted by Crippen LogP contribution is 2.14. The fourth-order valence-electron chi connectivity index (χ4n) is 7.42. The van der Waals surface area contributed by atoms with Crippen molar-refractivity contribution >= 4 is 17.9 Å². The highest BCUT2D eigenvalue weighted by atomic mass is 16.6. The normalized spacial score (nSPS) is 12.5. The third kappa shape index (κ3) is 50.0. The van der Waals surface area contributed by atoms with Gasteiger partial charge in [-0.3, -0.25) is 14.4 Å². The van der Waals surface area contributed by atoms with E-state index in [0.29, 0.717) is 19.3 Å². The van der Waals surface area contributed by atoms with Gasteiger partial charge in [-0.1, -0.05) is 216 Å². The minimum atomic E-state index is -0.789. The Hall–Kier alpha value is -2.89. The van der Waals surface area contributed by atoms with Crippen LogP contribution in [0.1, 0.15) is 265 Å². The van der Waals surface area contributed by atoms with Gasteiger partial charge in [0.2, 0.25) is 0 Å². The van der Waals surface area contributed by atoms with Crippen molar-refractivity contribution in [2.24, 2.45) is 0 Å². The summed E-state index contributed by atoms with van der Waals surface area (Å²) in [6.07, 6.45) is 63.4. The second-order valence-corrected chi connectivity index (χ2v) is 17.8. The predicted molar refractivity (Wildman–Crippen MR) is 270 cm³/mol. The largest absolute Gasteiger partial charge is 0.462 e. The van der Waals surface area contributed by atoms with Gasteiger partial charge in [0.1, 0.15) is 13.2 Å². The van der Waals surface area contributed by atoms with E-state index < -0.39 is 6.10 Å². The van der Waals surface area contributed by atoms with Gasteiger partial charge in [0, 0.05) is 19.3 Å². The number of hydrogen-bond acceptors (Lipinski definition) is 6. The Bertz CT molecular complexity index is 1150. The fraction of sp³-hybridized carbons (Fsp3) is 0.772. The molecule has 0 bridgehead atoms. The van der Waals surface area contributed by atoms with Gasteiger partial charge >= 0.3 is 17.9 Å². The monoisotopic (exact) mass is 881 g/mol. The Morgan fingerprint density at radius 1 is 0.317 bits per heavy atom. The molecule has 0 spiro atoms. The van der Waals surface area contributed by atoms with Gasteiger partial charge in [0.25, 0.3) is 0 Å². The SMILES string of the molecule is CCCC/C=C\CCCCCCCC(=O)OCC(COC(=O)CCCCCCC\C=C/C=C\C=C/CCCCCCC)OC(=O)CCCCCCC/C=C\CCCCCCCCC. The smallest absolute Gasteiger partial charge is 0.306 e. The Morgan fingerprint density at radius 2 is 0.603 bits per heavy atom. The fourth-order valence-corrected chi connectivity index (χ4v) is 7.42. The lowest BCUT2D eigenvalue weighted by atomic mass is 10.1. The lowest BCUT2D eigenvalue weighted by Crippen LogP contribution is -2.30. The topological polar surface area (TPSA) is 78.9 Å². The van der Waals surface area contributed by atoms with E-state index in [9.17, 15) is 14.4 Å². The maximum Gasteiger partial charge on any atom is 0.306 e. The first kappa shape index (κ1) is 60.1. The van der Waals surface area contributed by atoms with Crippen molar-refractivity contribution < 1.29 is 28.6 Å². The molecule has 0 saturated heterocycles. The molecular formula is C57H100O6. The van der Waals surface area contributed by atoms with Crippen LogP contribution in [0.3, 0.4) is 0 Å². The van der Waals surface area contributed by atoms with E-state index in [-0.39, 0.29) is 31.1 Å². The van der Waals surface area contributed by atoms with Crippen LogP contribution >= 0.6 is 0 Å². The first-order valence-electron chi connectivity index (χ1n) is 26.8. The Balaban J connectivity index is 4.41. The first-order chi connectivity index (χ1) is 31.0. The Kier molecular flexibility index (Phi) is 49.4. The van der Waals surface area contributed by atoms with Crippen molar-refractivity contribution in [1.29, 1.82) is 0 Å². The van der Waals surface area contributed by atoms with Crippen LogP contribution in [0, 0.1) is 0 Å². The summed E-state index contributed by atoms with van der Waals surface area (Å²) in [4.78, 5) is 38.0. The van der Waals surface area contributed by atoms with Crippen molar-refractivity contribution in [3.8, 4) is 0 Å². The van der Waals surface area contributed by atoms with E-state index in [2.05, 4.69) is 81.5 Å². The molecule has 63 heavy (non-hydrogen) atoms. The van der Waals surface area contributed by atoms with Crippen LogP contribution in [0.2, 0.25) is 0 Å². The van der Waals surface area contributed by atoms with Crippen molar-refractivity contribution in [1.82, 2.24) is 0 Å². The maximum atomic E-state index is 12.8. The van der Waals surface area contributed by atoms with Crippen molar-refractivity contribution in [3.63, 3.8) is 0 Å². The highest BCUT2D eigenvalue weighted by molar-refractivity contribution is 5.71. The number of rotatable bonds is 48. The first-order valence-corrected chi connectivity index (χ1v) is 26.8. The number of carbonyl (C=O) groups is 3. The van der Waals surface area contributed by atoms with Gasteiger partial charge in [0.15, 0.2) is 6.10 Å². The number of hydrogen-bond donors (Lipinski definition) is 0. The van der Waals surface area contributed by atoms with Crippen molar-refractivity contribution in [2.45, 2.75) is 271 Å². The van der Waals surface area contributed by atoms with E-state index >= 15 is 0 Å². The predicted octanol–water partition coefficient (Wildman–Crippen LogP) is 17.6. The molecule has 0 aliphatic carbocycles. The van der Waals surface area contributed by atoms with Crippen LogP contribution in [0.15, 0.2) is 60.8 Å². The average Bonchev–Trinajstić information content (AvgIpc) is 3.28. The molecule has 0 aromatic heterocycles. The van der Waals surface area contributed by atoms with Gasteiger partial charge in [0.05, 0.1) is 0 Å². The van der Waals surface area contributed by atoms with Crippen LogP contribution in [-0.2, 0) is 28.6 Å². The van der Waals surface area contributed by atoms with Crippen molar-refractivity contribution in [2.75, 3.05) is 13.2 Å². The molecule has 0 saturated carbocycles. The molecule has 6 nitrogen and oxygen atoms in total.